The van der Waals surface area contributed by atoms with Crippen LogP contribution in [-0.2, 0) is 6.54 Å². The number of halogens is 1. The van der Waals surface area contributed by atoms with Gasteiger partial charge in [0.05, 0.1) is 6.54 Å². The number of nitrogens with one attached hydrogen (secondary N) is 2. The third kappa shape index (κ3) is 2.91. The Morgan fingerprint density at radius 3 is 3.06 bits per heavy atom. The number of benzene rings is 1. The summed E-state index contributed by atoms with van der Waals surface area (Å²) >= 11 is 3.35. The molecule has 1 aromatic carbocycles. The SMILES string of the molecule is Cc1ccc(Br)cc1C(=O)NCc1ncn[nH]1. The van der Waals surface area contributed by atoms with Crippen molar-refractivity contribution in [3.63, 3.8) is 0 Å². The lowest BCUT2D eigenvalue weighted by Gasteiger charge is -2.06. The molecule has 0 radical (unpaired) electrons. The molecule has 0 saturated heterocycles. The number of rotatable bonds is 3. The number of aryl methyl sites for hydroxylation is 1. The van der Waals surface area contributed by atoms with Gasteiger partial charge in [-0.3, -0.25) is 9.89 Å². The first-order chi connectivity index (χ1) is 8.16. The summed E-state index contributed by atoms with van der Waals surface area (Å²) in [4.78, 5) is 15.9. The summed E-state index contributed by atoms with van der Waals surface area (Å²) < 4.78 is 0.882. The van der Waals surface area contributed by atoms with E-state index in [1.54, 1.807) is 6.07 Å². The van der Waals surface area contributed by atoms with E-state index < -0.39 is 0 Å². The second kappa shape index (κ2) is 5.09. The maximum absolute atomic E-state index is 11.9. The Morgan fingerprint density at radius 1 is 1.53 bits per heavy atom. The first kappa shape index (κ1) is 11.8. The Balaban J connectivity index is 2.07. The van der Waals surface area contributed by atoms with E-state index in [-0.39, 0.29) is 5.91 Å². The van der Waals surface area contributed by atoms with Crippen LogP contribution in [0.15, 0.2) is 29.0 Å². The lowest BCUT2D eigenvalue weighted by molar-refractivity contribution is 0.0949. The average molecular weight is 295 g/mol. The number of nitrogens with zero attached hydrogens (tertiary/aromatic N) is 2. The maximum atomic E-state index is 11.9. The minimum absolute atomic E-state index is 0.125. The van der Waals surface area contributed by atoms with Gasteiger partial charge in [-0.05, 0) is 24.6 Å². The van der Waals surface area contributed by atoms with Crippen molar-refractivity contribution in [3.8, 4) is 0 Å². The van der Waals surface area contributed by atoms with Gasteiger partial charge < -0.3 is 5.32 Å². The van der Waals surface area contributed by atoms with E-state index in [2.05, 4.69) is 36.4 Å². The second-order valence-corrected chi connectivity index (χ2v) is 4.49. The van der Waals surface area contributed by atoms with E-state index in [0.717, 1.165) is 10.0 Å². The molecule has 0 aliphatic rings. The molecule has 6 heteroatoms. The van der Waals surface area contributed by atoms with E-state index in [1.807, 2.05) is 19.1 Å². The zero-order valence-electron chi connectivity index (χ0n) is 9.20. The highest BCUT2D eigenvalue weighted by Gasteiger charge is 2.09. The van der Waals surface area contributed by atoms with Crippen molar-refractivity contribution in [2.45, 2.75) is 13.5 Å². The molecule has 88 valence electrons. The van der Waals surface area contributed by atoms with Crippen molar-refractivity contribution in [1.29, 1.82) is 0 Å². The topological polar surface area (TPSA) is 70.7 Å². The first-order valence-corrected chi connectivity index (χ1v) is 5.84. The van der Waals surface area contributed by atoms with Gasteiger partial charge in [-0.1, -0.05) is 22.0 Å². The normalized spacial score (nSPS) is 10.2. The van der Waals surface area contributed by atoms with Crippen molar-refractivity contribution >= 4 is 21.8 Å². The molecule has 0 atom stereocenters. The molecule has 0 spiro atoms. The fraction of sp³-hybridized carbons (Fsp3) is 0.182. The number of aromatic nitrogens is 3. The minimum Gasteiger partial charge on any atom is -0.345 e. The molecule has 2 rings (SSSR count). The van der Waals surface area contributed by atoms with Crippen LogP contribution in [0.4, 0.5) is 0 Å². The predicted octanol–water partition coefficient (Wildman–Crippen LogP) is 1.81. The van der Waals surface area contributed by atoms with Crippen molar-refractivity contribution < 1.29 is 4.79 Å². The van der Waals surface area contributed by atoms with Crippen molar-refractivity contribution in [3.05, 3.63) is 46.0 Å². The Morgan fingerprint density at radius 2 is 2.35 bits per heavy atom. The lowest BCUT2D eigenvalue weighted by atomic mass is 10.1. The highest BCUT2D eigenvalue weighted by Crippen LogP contribution is 2.15. The molecule has 0 unspecified atom stereocenters. The molecule has 1 heterocycles. The van der Waals surface area contributed by atoms with Crippen LogP contribution >= 0.6 is 15.9 Å². The summed E-state index contributed by atoms with van der Waals surface area (Å²) in [5.41, 5.74) is 1.59. The van der Waals surface area contributed by atoms with E-state index >= 15 is 0 Å². The summed E-state index contributed by atoms with van der Waals surface area (Å²) in [7, 11) is 0. The van der Waals surface area contributed by atoms with Gasteiger partial charge in [0.1, 0.15) is 12.2 Å². The van der Waals surface area contributed by atoms with Crippen LogP contribution in [0.25, 0.3) is 0 Å². The number of carbonyl (C=O) groups is 1. The monoisotopic (exact) mass is 294 g/mol. The van der Waals surface area contributed by atoms with E-state index in [0.29, 0.717) is 17.9 Å². The molecule has 0 fully saturated rings. The quantitative estimate of drug-likeness (QED) is 0.907. The highest BCUT2D eigenvalue weighted by molar-refractivity contribution is 9.10. The van der Waals surface area contributed by atoms with Gasteiger partial charge in [0, 0.05) is 10.0 Å². The predicted molar refractivity (Wildman–Crippen MR) is 66.4 cm³/mol. The summed E-state index contributed by atoms with van der Waals surface area (Å²) in [6.07, 6.45) is 1.41. The van der Waals surface area contributed by atoms with Crippen molar-refractivity contribution in [2.24, 2.45) is 0 Å². The van der Waals surface area contributed by atoms with Gasteiger partial charge in [-0.15, -0.1) is 0 Å². The van der Waals surface area contributed by atoms with Crippen LogP contribution in [0, 0.1) is 6.92 Å². The Kier molecular flexibility index (Phi) is 3.53. The zero-order chi connectivity index (χ0) is 12.3. The molecule has 0 aliphatic heterocycles. The third-order valence-corrected chi connectivity index (χ3v) is 2.82. The molecule has 2 aromatic rings. The van der Waals surface area contributed by atoms with Crippen LogP contribution in [0.5, 0.6) is 0 Å². The molecule has 0 bridgehead atoms. The van der Waals surface area contributed by atoms with Crippen LogP contribution in [0.3, 0.4) is 0 Å². The number of amides is 1. The standard InChI is InChI=1S/C11H11BrN4O/c1-7-2-3-8(12)4-9(7)11(17)13-5-10-14-6-15-16-10/h2-4,6H,5H2,1H3,(H,13,17)(H,14,15,16). The van der Waals surface area contributed by atoms with Crippen molar-refractivity contribution in [1.82, 2.24) is 20.5 Å². The zero-order valence-corrected chi connectivity index (χ0v) is 10.8. The van der Waals surface area contributed by atoms with Gasteiger partial charge >= 0.3 is 0 Å². The molecule has 17 heavy (non-hydrogen) atoms. The first-order valence-electron chi connectivity index (χ1n) is 5.05. The Hall–Kier alpha value is -1.69. The number of hydrogen-bond donors (Lipinski definition) is 2. The van der Waals surface area contributed by atoms with Crippen LogP contribution in [-0.4, -0.2) is 21.1 Å². The van der Waals surface area contributed by atoms with Crippen molar-refractivity contribution in [2.75, 3.05) is 0 Å². The summed E-state index contributed by atoms with van der Waals surface area (Å²) in [6, 6.07) is 5.60. The lowest BCUT2D eigenvalue weighted by Crippen LogP contribution is -2.24. The highest BCUT2D eigenvalue weighted by atomic mass is 79.9. The molecular weight excluding hydrogens is 284 g/mol. The van der Waals surface area contributed by atoms with Crippen LogP contribution < -0.4 is 5.32 Å². The van der Waals surface area contributed by atoms with Crippen LogP contribution in [0.1, 0.15) is 21.7 Å². The number of hydrogen-bond acceptors (Lipinski definition) is 3. The van der Waals surface area contributed by atoms with E-state index in [9.17, 15) is 4.79 Å². The number of aromatic amines is 1. The minimum atomic E-state index is -0.125. The molecule has 1 amide bonds. The van der Waals surface area contributed by atoms with E-state index in [1.165, 1.54) is 6.33 Å². The van der Waals surface area contributed by atoms with Gasteiger partial charge in [0.2, 0.25) is 0 Å². The maximum Gasteiger partial charge on any atom is 0.251 e. The van der Waals surface area contributed by atoms with Crippen LogP contribution in [0.2, 0.25) is 0 Å². The van der Waals surface area contributed by atoms with E-state index in [4.69, 9.17) is 0 Å². The van der Waals surface area contributed by atoms with Gasteiger partial charge in [-0.25, -0.2) is 4.98 Å². The molecule has 0 saturated carbocycles. The number of H-pyrrole nitrogens is 1. The average Bonchev–Trinajstić information content (AvgIpc) is 2.82. The largest absolute Gasteiger partial charge is 0.345 e. The molecule has 0 aliphatic carbocycles. The number of carbonyl (C=O) groups excluding carboxylic acids is 1. The van der Waals surface area contributed by atoms with Gasteiger partial charge in [0.15, 0.2) is 0 Å². The molecular formula is C11H11BrN4O. The fourth-order valence-electron chi connectivity index (χ4n) is 1.41. The third-order valence-electron chi connectivity index (χ3n) is 2.33. The van der Waals surface area contributed by atoms with Gasteiger partial charge in [-0.2, -0.15) is 5.10 Å². The summed E-state index contributed by atoms with van der Waals surface area (Å²) in [6.45, 7) is 2.24. The Labute approximate surface area is 107 Å². The molecule has 5 nitrogen and oxygen atoms in total. The smallest absolute Gasteiger partial charge is 0.251 e. The summed E-state index contributed by atoms with van der Waals surface area (Å²) in [5.74, 6) is 0.506. The second-order valence-electron chi connectivity index (χ2n) is 3.57. The van der Waals surface area contributed by atoms with Gasteiger partial charge in [0.25, 0.3) is 5.91 Å². The molecule has 1 aromatic heterocycles. The molecule has 2 N–H and O–H groups in total. The summed E-state index contributed by atoms with van der Waals surface area (Å²) in [5, 5.41) is 9.17. The Bertz CT molecular complexity index is 524. The fourth-order valence-corrected chi connectivity index (χ4v) is 1.78.